The summed E-state index contributed by atoms with van der Waals surface area (Å²) in [6.07, 6.45) is 0. The normalized spacial score (nSPS) is 17.4. The van der Waals surface area contributed by atoms with Gasteiger partial charge in [-0.1, -0.05) is 18.2 Å². The maximum absolute atomic E-state index is 14.1. The first kappa shape index (κ1) is 23.6. The van der Waals surface area contributed by atoms with Crippen LogP contribution in [0.3, 0.4) is 0 Å². The molecule has 2 aromatic carbocycles. The number of methoxy groups -OCH3 is 2. The Hall–Kier alpha value is -3.57. The first-order chi connectivity index (χ1) is 16.2. The Morgan fingerprint density at radius 2 is 1.79 bits per heavy atom. The fraction of sp³-hybridized carbons (Fsp3) is 0.217. The van der Waals surface area contributed by atoms with E-state index >= 15 is 0 Å². The predicted molar refractivity (Wildman–Crippen MR) is 126 cm³/mol. The van der Waals surface area contributed by atoms with E-state index in [1.807, 2.05) is 0 Å². The number of nitrogens with two attached hydrogens (primary N) is 1. The Labute approximate surface area is 200 Å². The minimum Gasteiger partial charge on any atom is -0.497 e. The summed E-state index contributed by atoms with van der Waals surface area (Å²) in [6, 6.07) is 12.3. The van der Waals surface area contributed by atoms with Crippen LogP contribution in [0.5, 0.6) is 17.2 Å². The van der Waals surface area contributed by atoms with Gasteiger partial charge in [0.2, 0.25) is 5.91 Å². The zero-order valence-corrected chi connectivity index (χ0v) is 20.2. The van der Waals surface area contributed by atoms with Crippen LogP contribution in [0.4, 0.5) is 5.69 Å². The van der Waals surface area contributed by atoms with E-state index in [0.717, 1.165) is 11.3 Å². The van der Waals surface area contributed by atoms with E-state index in [-0.39, 0.29) is 39.1 Å². The van der Waals surface area contributed by atoms with Gasteiger partial charge in [-0.3, -0.25) is 9.59 Å². The summed E-state index contributed by atoms with van der Waals surface area (Å²) in [4.78, 5) is 27.3. The first-order valence-electron chi connectivity index (χ1n) is 10.2. The number of anilines is 1. The minimum atomic E-state index is -4.47. The van der Waals surface area contributed by atoms with Crippen LogP contribution in [-0.4, -0.2) is 41.1 Å². The van der Waals surface area contributed by atoms with Gasteiger partial charge in [0.05, 0.1) is 26.5 Å². The zero-order valence-electron chi connectivity index (χ0n) is 18.6. The summed E-state index contributed by atoms with van der Waals surface area (Å²) in [5.74, 6) is -1.45. The van der Waals surface area contributed by atoms with Crippen LogP contribution in [0.1, 0.15) is 18.1 Å². The number of amides is 2. The summed E-state index contributed by atoms with van der Waals surface area (Å²) in [7, 11) is -1.72. The number of fused-ring (bicyclic) bond motifs is 1. The summed E-state index contributed by atoms with van der Waals surface area (Å²) in [5, 5.41) is 1.53. The lowest BCUT2D eigenvalue weighted by molar-refractivity contribution is -0.131. The Morgan fingerprint density at radius 3 is 2.44 bits per heavy atom. The molecule has 0 saturated heterocycles. The van der Waals surface area contributed by atoms with Gasteiger partial charge in [-0.2, -0.15) is 8.42 Å². The number of thiophene rings is 1. The van der Waals surface area contributed by atoms with Gasteiger partial charge in [0, 0.05) is 11.1 Å². The average Bonchev–Trinajstić information content (AvgIpc) is 3.40. The third-order valence-electron chi connectivity index (χ3n) is 5.58. The molecule has 1 aliphatic heterocycles. The third kappa shape index (κ3) is 3.23. The third-order valence-corrected chi connectivity index (χ3v) is 8.70. The second-order valence-electron chi connectivity index (χ2n) is 7.28. The van der Waals surface area contributed by atoms with Gasteiger partial charge in [0.1, 0.15) is 17.2 Å². The molecule has 0 bridgehead atoms. The van der Waals surface area contributed by atoms with Gasteiger partial charge in [-0.15, -0.1) is 11.3 Å². The molecule has 4 rings (SSSR count). The van der Waals surface area contributed by atoms with Crippen molar-refractivity contribution in [2.45, 2.75) is 16.5 Å². The molecule has 9 nitrogen and oxygen atoms in total. The van der Waals surface area contributed by atoms with Crippen LogP contribution in [0, 0.1) is 0 Å². The molecule has 34 heavy (non-hydrogen) atoms. The highest BCUT2D eigenvalue weighted by Gasteiger charge is 2.61. The van der Waals surface area contributed by atoms with Gasteiger partial charge in [-0.05, 0) is 42.6 Å². The molecule has 11 heteroatoms. The largest absolute Gasteiger partial charge is 0.497 e. The number of hydrogen-bond acceptors (Lipinski definition) is 8. The number of hydrogen-bond donors (Lipinski definition) is 1. The lowest BCUT2D eigenvalue weighted by atomic mass is 9.74. The zero-order chi connectivity index (χ0) is 24.7. The maximum Gasteiger partial charge on any atom is 0.284 e. The number of sulfonamides is 1. The Bertz CT molecular complexity index is 1380. The standard InChI is InChI=1S/C23H22N2O7S2/c1-4-32-18-8-6-5-7-15(18)23(21(24)26)16-13-14(30-2)9-10-17(16)25(22(23)27)34(28,29)20-19(31-3)11-12-33-20/h5-13H,4H2,1-3H3,(H2,24,26). The maximum atomic E-state index is 14.1. The van der Waals surface area contributed by atoms with Crippen molar-refractivity contribution in [1.82, 2.24) is 0 Å². The fourth-order valence-electron chi connectivity index (χ4n) is 4.13. The molecule has 0 fully saturated rings. The number of ether oxygens (including phenoxy) is 3. The second-order valence-corrected chi connectivity index (χ2v) is 10.2. The Morgan fingerprint density at radius 1 is 1.06 bits per heavy atom. The van der Waals surface area contributed by atoms with Gasteiger partial charge in [0.15, 0.2) is 9.62 Å². The fourth-order valence-corrected chi connectivity index (χ4v) is 6.93. The van der Waals surface area contributed by atoms with Gasteiger partial charge in [-0.25, -0.2) is 4.31 Å². The van der Waals surface area contributed by atoms with E-state index < -0.39 is 27.3 Å². The summed E-state index contributed by atoms with van der Waals surface area (Å²) < 4.78 is 44.2. The SMILES string of the molecule is CCOc1ccccc1C1(C(N)=O)C(=O)N(S(=O)(=O)c2sccc2OC)c2ccc(OC)cc21. The quantitative estimate of drug-likeness (QED) is 0.470. The molecule has 178 valence electrons. The van der Waals surface area contributed by atoms with E-state index in [2.05, 4.69) is 0 Å². The number of para-hydroxylation sites is 1. The highest BCUT2D eigenvalue weighted by atomic mass is 32.2. The van der Waals surface area contributed by atoms with Gasteiger partial charge < -0.3 is 19.9 Å². The first-order valence-corrected chi connectivity index (χ1v) is 12.5. The molecule has 2 amide bonds. The van der Waals surface area contributed by atoms with Crippen molar-refractivity contribution in [3.63, 3.8) is 0 Å². The Balaban J connectivity index is 2.08. The number of carbonyl (C=O) groups is 2. The lowest BCUT2D eigenvalue weighted by Gasteiger charge is -2.27. The van der Waals surface area contributed by atoms with Crippen LogP contribution in [0.15, 0.2) is 58.1 Å². The summed E-state index contributed by atoms with van der Waals surface area (Å²) in [6.45, 7) is 2.00. The topological polar surface area (TPSA) is 125 Å². The molecular weight excluding hydrogens is 480 g/mol. The van der Waals surface area contributed by atoms with Crippen molar-refractivity contribution < 1.29 is 32.2 Å². The second kappa shape index (κ2) is 8.65. The lowest BCUT2D eigenvalue weighted by Crippen LogP contribution is -2.51. The molecule has 2 heterocycles. The van der Waals surface area contributed by atoms with Gasteiger partial charge >= 0.3 is 0 Å². The summed E-state index contributed by atoms with van der Waals surface area (Å²) >= 11 is 0.895. The molecule has 3 aromatic rings. The summed E-state index contributed by atoms with van der Waals surface area (Å²) in [5.41, 5.74) is 3.94. The number of primary amides is 1. The van der Waals surface area contributed by atoms with E-state index in [4.69, 9.17) is 19.9 Å². The van der Waals surface area contributed by atoms with Crippen molar-refractivity contribution in [3.8, 4) is 17.2 Å². The van der Waals surface area contributed by atoms with Crippen LogP contribution >= 0.6 is 11.3 Å². The van der Waals surface area contributed by atoms with E-state index in [1.165, 1.54) is 49.9 Å². The van der Waals surface area contributed by atoms with E-state index in [9.17, 15) is 18.0 Å². The van der Waals surface area contributed by atoms with Crippen molar-refractivity contribution in [1.29, 1.82) is 0 Å². The van der Waals surface area contributed by atoms with E-state index in [1.54, 1.807) is 25.1 Å². The molecule has 1 aromatic heterocycles. The molecule has 2 N–H and O–H groups in total. The molecular formula is C23H22N2O7S2. The smallest absolute Gasteiger partial charge is 0.284 e. The highest BCUT2D eigenvalue weighted by Crippen LogP contribution is 2.52. The van der Waals surface area contributed by atoms with Crippen molar-refractivity contribution >= 4 is 38.9 Å². The van der Waals surface area contributed by atoms with Gasteiger partial charge in [0.25, 0.3) is 15.9 Å². The predicted octanol–water partition coefficient (Wildman–Crippen LogP) is 2.67. The molecule has 0 spiro atoms. The van der Waals surface area contributed by atoms with Crippen LogP contribution in [0.25, 0.3) is 0 Å². The molecule has 1 aliphatic rings. The number of rotatable bonds is 8. The van der Waals surface area contributed by atoms with Crippen LogP contribution in [-0.2, 0) is 25.0 Å². The number of benzene rings is 2. The van der Waals surface area contributed by atoms with Crippen molar-refractivity contribution in [2.75, 3.05) is 25.1 Å². The van der Waals surface area contributed by atoms with Crippen molar-refractivity contribution in [3.05, 3.63) is 65.0 Å². The van der Waals surface area contributed by atoms with Crippen LogP contribution < -0.4 is 24.2 Å². The number of carbonyl (C=O) groups excluding carboxylic acids is 2. The molecule has 0 saturated carbocycles. The Kier molecular flexibility index (Phi) is 6.00. The molecule has 0 radical (unpaired) electrons. The minimum absolute atomic E-state index is 0.00801. The average molecular weight is 503 g/mol. The van der Waals surface area contributed by atoms with Crippen LogP contribution in [0.2, 0.25) is 0 Å². The van der Waals surface area contributed by atoms with E-state index in [0.29, 0.717) is 10.1 Å². The molecule has 1 unspecified atom stereocenters. The number of nitrogens with zero attached hydrogens (tertiary/aromatic N) is 1. The molecule has 1 atom stereocenters. The highest BCUT2D eigenvalue weighted by molar-refractivity contribution is 7.95. The molecule has 0 aliphatic carbocycles. The van der Waals surface area contributed by atoms with Crippen molar-refractivity contribution in [2.24, 2.45) is 5.73 Å². The monoisotopic (exact) mass is 502 g/mol.